The second kappa shape index (κ2) is 12.0. The van der Waals surface area contributed by atoms with Gasteiger partial charge in [0.05, 0.1) is 6.54 Å². The van der Waals surface area contributed by atoms with Crippen LogP contribution in [0.1, 0.15) is 23.1 Å². The van der Waals surface area contributed by atoms with Gasteiger partial charge in [-0.2, -0.15) is 0 Å². The molecule has 0 spiro atoms. The summed E-state index contributed by atoms with van der Waals surface area (Å²) in [4.78, 5) is 46.1. The molecule has 10 heteroatoms. The Morgan fingerprint density at radius 2 is 1.71 bits per heavy atom. The number of anilines is 3. The van der Waals surface area contributed by atoms with E-state index in [9.17, 15) is 14.4 Å². The molecule has 38 heavy (non-hydrogen) atoms. The molecule has 0 aliphatic rings. The van der Waals surface area contributed by atoms with E-state index >= 15 is 0 Å². The summed E-state index contributed by atoms with van der Waals surface area (Å²) in [5, 5.41) is 5.49. The van der Waals surface area contributed by atoms with E-state index in [4.69, 9.17) is 11.6 Å². The van der Waals surface area contributed by atoms with Gasteiger partial charge < -0.3 is 10.6 Å². The second-order valence-corrected chi connectivity index (χ2v) is 8.87. The Hall–Kier alpha value is -4.68. The van der Waals surface area contributed by atoms with Crippen LogP contribution in [0, 0.1) is 18.8 Å². The van der Waals surface area contributed by atoms with Crippen LogP contribution in [0.3, 0.4) is 0 Å². The normalized spacial score (nSPS) is 10.4. The van der Waals surface area contributed by atoms with Crippen LogP contribution in [-0.2, 0) is 24.8 Å². The van der Waals surface area contributed by atoms with Crippen molar-refractivity contribution in [1.29, 1.82) is 0 Å². The summed E-state index contributed by atoms with van der Waals surface area (Å²) in [6.07, 6.45) is 3.94. The zero-order chi connectivity index (χ0) is 27.1. The first-order valence-corrected chi connectivity index (χ1v) is 12.2. The first-order chi connectivity index (χ1) is 18.3. The number of halogens is 1. The van der Waals surface area contributed by atoms with E-state index in [1.54, 1.807) is 18.5 Å². The van der Waals surface area contributed by atoms with Gasteiger partial charge in [0.15, 0.2) is 0 Å². The highest BCUT2D eigenvalue weighted by Crippen LogP contribution is 2.17. The molecule has 2 N–H and O–H groups in total. The number of benzene rings is 2. The molecule has 2 aromatic heterocycles. The van der Waals surface area contributed by atoms with Crippen LogP contribution in [0.25, 0.3) is 0 Å². The van der Waals surface area contributed by atoms with Crippen LogP contribution < -0.4 is 21.9 Å². The molecule has 0 bridgehead atoms. The number of amides is 1. The predicted molar refractivity (Wildman–Crippen MR) is 148 cm³/mol. The fourth-order valence-electron chi connectivity index (χ4n) is 3.55. The van der Waals surface area contributed by atoms with Crippen LogP contribution >= 0.6 is 11.6 Å². The van der Waals surface area contributed by atoms with Gasteiger partial charge in [-0.3, -0.25) is 18.7 Å². The predicted octanol–water partition coefficient (Wildman–Crippen LogP) is 3.67. The molecule has 0 radical (unpaired) electrons. The molecule has 0 aliphatic carbocycles. The number of carbonyl (C=O) groups excluding carboxylic acids is 1. The number of aromatic nitrogens is 4. The molecule has 192 valence electrons. The Labute approximate surface area is 224 Å². The Kier molecular flexibility index (Phi) is 8.36. The smallest absolute Gasteiger partial charge is 0.324 e. The van der Waals surface area contributed by atoms with Gasteiger partial charge in [0.1, 0.15) is 10.8 Å². The highest BCUT2D eigenvalue weighted by atomic mass is 35.5. The largest absolute Gasteiger partial charge is 0.332 e. The molecule has 4 aromatic rings. The van der Waals surface area contributed by atoms with Crippen molar-refractivity contribution < 1.29 is 4.79 Å². The van der Waals surface area contributed by atoms with Crippen molar-refractivity contribution in [1.82, 2.24) is 19.1 Å². The van der Waals surface area contributed by atoms with Gasteiger partial charge in [0.2, 0.25) is 11.9 Å². The summed E-state index contributed by atoms with van der Waals surface area (Å²) in [6.45, 7) is 1.92. The van der Waals surface area contributed by atoms with Gasteiger partial charge in [-0.25, -0.2) is 14.8 Å². The van der Waals surface area contributed by atoms with E-state index in [1.807, 2.05) is 55.5 Å². The summed E-state index contributed by atoms with van der Waals surface area (Å²) >= 11 is 6.40. The molecule has 0 unspecified atom stereocenters. The van der Waals surface area contributed by atoms with Crippen molar-refractivity contribution in [2.24, 2.45) is 7.05 Å². The Balaban J connectivity index is 1.45. The summed E-state index contributed by atoms with van der Waals surface area (Å²) in [7, 11) is 1.33. The second-order valence-electron chi connectivity index (χ2n) is 8.51. The third-order valence-electron chi connectivity index (χ3n) is 5.68. The lowest BCUT2D eigenvalue weighted by atomic mass is 10.1. The van der Waals surface area contributed by atoms with Gasteiger partial charge in [-0.15, -0.1) is 0 Å². The standard InChI is InChI=1S/C28H25ClN6O3/c1-19-6-8-21(9-7-19)12-15-23(36)33-24-25(29)35(28(38)34(2)26(24)37)18-3-5-20-10-13-22(14-11-20)32-27-30-16-4-17-31-27/h4,6-11,13-14,16-17H,12,15,18H2,1-2H3,(H,33,36)(H,30,31,32). The lowest BCUT2D eigenvalue weighted by Gasteiger charge is -2.13. The average Bonchev–Trinajstić information content (AvgIpc) is 2.93. The molecule has 0 aliphatic heterocycles. The highest BCUT2D eigenvalue weighted by molar-refractivity contribution is 6.32. The van der Waals surface area contributed by atoms with Crippen LogP contribution in [0.4, 0.5) is 17.3 Å². The zero-order valence-electron chi connectivity index (χ0n) is 20.9. The monoisotopic (exact) mass is 528 g/mol. The van der Waals surface area contributed by atoms with Crippen molar-refractivity contribution >= 4 is 34.8 Å². The lowest BCUT2D eigenvalue weighted by molar-refractivity contribution is -0.116. The van der Waals surface area contributed by atoms with E-state index in [1.165, 1.54) is 7.05 Å². The van der Waals surface area contributed by atoms with Crippen molar-refractivity contribution in [2.75, 3.05) is 10.6 Å². The Morgan fingerprint density at radius 1 is 1.03 bits per heavy atom. The van der Waals surface area contributed by atoms with Crippen molar-refractivity contribution in [3.63, 3.8) is 0 Å². The number of rotatable bonds is 7. The van der Waals surface area contributed by atoms with Crippen molar-refractivity contribution in [2.45, 2.75) is 26.3 Å². The summed E-state index contributed by atoms with van der Waals surface area (Å²) in [5.74, 6) is 5.98. The summed E-state index contributed by atoms with van der Waals surface area (Å²) < 4.78 is 2.05. The van der Waals surface area contributed by atoms with Gasteiger partial charge in [-0.1, -0.05) is 53.3 Å². The number of hydrogen-bond acceptors (Lipinski definition) is 6. The minimum atomic E-state index is -0.682. The molecule has 2 heterocycles. The molecule has 9 nitrogen and oxygen atoms in total. The van der Waals surface area contributed by atoms with E-state index in [2.05, 4.69) is 32.4 Å². The van der Waals surface area contributed by atoms with Crippen LogP contribution in [0.5, 0.6) is 0 Å². The van der Waals surface area contributed by atoms with Crippen molar-refractivity contribution in [3.05, 3.63) is 110 Å². The number of carbonyl (C=O) groups is 1. The maximum Gasteiger partial charge on any atom is 0.332 e. The Morgan fingerprint density at radius 3 is 2.39 bits per heavy atom. The minimum absolute atomic E-state index is 0.0735. The van der Waals surface area contributed by atoms with E-state index in [-0.39, 0.29) is 29.7 Å². The number of aryl methyl sites for hydroxylation is 2. The van der Waals surface area contributed by atoms with E-state index < -0.39 is 11.2 Å². The fourth-order valence-corrected chi connectivity index (χ4v) is 3.81. The number of nitrogens with zero attached hydrogens (tertiary/aromatic N) is 4. The first-order valence-electron chi connectivity index (χ1n) is 11.8. The van der Waals surface area contributed by atoms with Gasteiger partial charge in [0.25, 0.3) is 5.56 Å². The van der Waals surface area contributed by atoms with Crippen LogP contribution in [0.15, 0.2) is 76.6 Å². The maximum atomic E-state index is 12.7. The van der Waals surface area contributed by atoms with Crippen LogP contribution in [-0.4, -0.2) is 25.0 Å². The third kappa shape index (κ3) is 6.55. The molecule has 0 fully saturated rings. The van der Waals surface area contributed by atoms with E-state index in [0.29, 0.717) is 17.9 Å². The van der Waals surface area contributed by atoms with Gasteiger partial charge >= 0.3 is 5.69 Å². The summed E-state index contributed by atoms with van der Waals surface area (Å²) in [5.41, 5.74) is 2.17. The molecule has 0 saturated carbocycles. The fraction of sp³-hybridized carbons (Fsp3) is 0.179. The molecule has 4 rings (SSSR count). The topological polar surface area (TPSA) is 111 Å². The number of nitrogens with one attached hydrogen (secondary N) is 2. The maximum absolute atomic E-state index is 12.7. The molecule has 1 amide bonds. The molecular weight excluding hydrogens is 504 g/mol. The van der Waals surface area contributed by atoms with Gasteiger partial charge in [0, 0.05) is 37.1 Å². The van der Waals surface area contributed by atoms with Gasteiger partial charge in [-0.05, 0) is 49.2 Å². The highest BCUT2D eigenvalue weighted by Gasteiger charge is 2.17. The Bertz CT molecular complexity index is 1620. The summed E-state index contributed by atoms with van der Waals surface area (Å²) in [6, 6.07) is 16.9. The molecular formula is C28H25ClN6O3. The minimum Gasteiger partial charge on any atom is -0.324 e. The molecule has 2 aromatic carbocycles. The van der Waals surface area contributed by atoms with Crippen LogP contribution in [0.2, 0.25) is 5.15 Å². The molecule has 0 atom stereocenters. The SMILES string of the molecule is Cc1ccc(CCC(=O)Nc2c(Cl)n(CC#Cc3ccc(Nc4ncccn4)cc3)c(=O)n(C)c2=O)cc1. The quantitative estimate of drug-likeness (QED) is 0.280. The zero-order valence-corrected chi connectivity index (χ0v) is 21.6. The van der Waals surface area contributed by atoms with Crippen molar-refractivity contribution in [3.8, 4) is 11.8 Å². The van der Waals surface area contributed by atoms with E-state index in [0.717, 1.165) is 25.9 Å². The third-order valence-corrected chi connectivity index (χ3v) is 6.08. The molecule has 0 saturated heterocycles. The lowest BCUT2D eigenvalue weighted by Crippen LogP contribution is -2.40. The average molecular weight is 529 g/mol. The first kappa shape index (κ1) is 26.4. The number of hydrogen-bond donors (Lipinski definition) is 2.